The predicted molar refractivity (Wildman–Crippen MR) is 158 cm³/mol. The third-order valence-electron chi connectivity index (χ3n) is 12.4. The molecule has 0 saturated heterocycles. The highest BCUT2D eigenvalue weighted by Crippen LogP contribution is 2.68. The van der Waals surface area contributed by atoms with E-state index in [1.54, 1.807) is 0 Å². The highest BCUT2D eigenvalue weighted by atomic mass is 16.6. The van der Waals surface area contributed by atoms with Crippen molar-refractivity contribution in [2.75, 3.05) is 21.3 Å². The van der Waals surface area contributed by atoms with Crippen LogP contribution in [0.4, 0.5) is 0 Å². The van der Waals surface area contributed by atoms with Gasteiger partial charge in [-0.1, -0.05) is 20.8 Å². The molecule has 8 nitrogen and oxygen atoms in total. The van der Waals surface area contributed by atoms with E-state index in [0.717, 1.165) is 38.5 Å². The number of benzene rings is 1. The summed E-state index contributed by atoms with van der Waals surface area (Å²) < 4.78 is 21.1. The summed E-state index contributed by atoms with van der Waals surface area (Å²) in [5.74, 6) is 2.37. The summed E-state index contributed by atoms with van der Waals surface area (Å²) in [6.45, 7) is 6.93. The fourth-order valence-corrected chi connectivity index (χ4v) is 10.1. The van der Waals surface area contributed by atoms with Crippen molar-refractivity contribution in [3.8, 4) is 17.2 Å². The Labute approximate surface area is 250 Å². The number of rotatable bonds is 8. The molecule has 0 aliphatic heterocycles. The molecular weight excluding hydrogens is 536 g/mol. The van der Waals surface area contributed by atoms with Gasteiger partial charge in [-0.3, -0.25) is 4.79 Å². The minimum Gasteiger partial charge on any atom is -0.493 e. The summed E-state index contributed by atoms with van der Waals surface area (Å²) in [5.41, 5.74) is 0.184. The highest BCUT2D eigenvalue weighted by Gasteiger charge is 2.63. The fourth-order valence-electron chi connectivity index (χ4n) is 10.1. The number of hydrogen-bond acceptors (Lipinski definition) is 8. The average Bonchev–Trinajstić information content (AvgIpc) is 3.34. The van der Waals surface area contributed by atoms with E-state index in [0.29, 0.717) is 53.3 Å². The number of carbonyl (C=O) groups is 2. The SMILES string of the molecule is COc1cc(C(=O)OC(=O)CCC(C)C2CCC3C4CCC5CC(O)CCC5(C)C4CC(O)C23C)cc(OC)c1OC. The second-order valence-electron chi connectivity index (χ2n) is 14.1. The van der Waals surface area contributed by atoms with E-state index in [1.807, 2.05) is 0 Å². The van der Waals surface area contributed by atoms with Crippen LogP contribution in [-0.4, -0.2) is 55.7 Å². The van der Waals surface area contributed by atoms with Crippen molar-refractivity contribution >= 4 is 11.9 Å². The molecule has 8 heteroatoms. The molecule has 4 aliphatic carbocycles. The number of hydrogen-bond donors (Lipinski definition) is 2. The van der Waals surface area contributed by atoms with Crippen LogP contribution >= 0.6 is 0 Å². The zero-order chi connectivity index (χ0) is 30.4. The number of fused-ring (bicyclic) bond motifs is 5. The van der Waals surface area contributed by atoms with Gasteiger partial charge in [0.25, 0.3) is 0 Å². The molecule has 234 valence electrons. The van der Waals surface area contributed by atoms with Gasteiger partial charge in [0.2, 0.25) is 5.75 Å². The molecule has 10 unspecified atom stereocenters. The van der Waals surface area contributed by atoms with Crippen LogP contribution in [0.15, 0.2) is 12.1 Å². The van der Waals surface area contributed by atoms with Gasteiger partial charge in [0.15, 0.2) is 11.5 Å². The Balaban J connectivity index is 1.22. The number of aliphatic hydroxyl groups excluding tert-OH is 2. The molecule has 0 bridgehead atoms. The average molecular weight is 587 g/mol. The normalized spacial score (nSPS) is 38.0. The third kappa shape index (κ3) is 5.21. The maximum atomic E-state index is 12.8. The van der Waals surface area contributed by atoms with Crippen LogP contribution in [0.1, 0.15) is 95.3 Å². The van der Waals surface area contributed by atoms with Crippen molar-refractivity contribution in [3.63, 3.8) is 0 Å². The van der Waals surface area contributed by atoms with Gasteiger partial charge in [-0.05, 0) is 116 Å². The van der Waals surface area contributed by atoms with Gasteiger partial charge in [0.1, 0.15) is 0 Å². The standard InChI is InChI=1S/C34H50O8/c1-19(7-12-30(37)42-32(38)20-15-27(39-4)31(41-6)28(16-20)40-5)24-10-11-25-23-9-8-21-17-22(35)13-14-33(21,2)26(23)18-29(36)34(24,25)3/h15-16,19,21-26,29,35-36H,7-14,17-18H2,1-6H3. The lowest BCUT2D eigenvalue weighted by atomic mass is 9.43. The number of ether oxygens (including phenoxy) is 4. The van der Waals surface area contributed by atoms with Crippen molar-refractivity contribution in [1.29, 1.82) is 0 Å². The van der Waals surface area contributed by atoms with Crippen LogP contribution in [0.25, 0.3) is 0 Å². The van der Waals surface area contributed by atoms with Crippen LogP contribution in [0.3, 0.4) is 0 Å². The van der Waals surface area contributed by atoms with Crippen LogP contribution < -0.4 is 14.2 Å². The molecular formula is C34H50O8. The van der Waals surface area contributed by atoms with Crippen molar-refractivity contribution < 1.29 is 38.7 Å². The monoisotopic (exact) mass is 586 g/mol. The van der Waals surface area contributed by atoms with Crippen molar-refractivity contribution in [2.45, 2.75) is 97.2 Å². The zero-order valence-electron chi connectivity index (χ0n) is 26.2. The number of aliphatic hydroxyl groups is 2. The molecule has 0 aromatic heterocycles. The van der Waals surface area contributed by atoms with E-state index in [4.69, 9.17) is 18.9 Å². The van der Waals surface area contributed by atoms with E-state index in [9.17, 15) is 19.8 Å². The fraction of sp³-hybridized carbons (Fsp3) is 0.765. The number of esters is 2. The summed E-state index contributed by atoms with van der Waals surface area (Å²) in [6.07, 6.45) is 8.46. The van der Waals surface area contributed by atoms with E-state index in [-0.39, 0.29) is 40.9 Å². The largest absolute Gasteiger partial charge is 0.493 e. The Bertz CT molecular complexity index is 1140. The Kier molecular flexibility index (Phi) is 8.88. The Morgan fingerprint density at radius 2 is 1.62 bits per heavy atom. The van der Waals surface area contributed by atoms with E-state index in [2.05, 4.69) is 20.8 Å². The van der Waals surface area contributed by atoms with Crippen molar-refractivity contribution in [2.24, 2.45) is 46.3 Å². The van der Waals surface area contributed by atoms with E-state index >= 15 is 0 Å². The maximum Gasteiger partial charge on any atom is 0.346 e. The Hall–Kier alpha value is -2.32. The topological polar surface area (TPSA) is 112 Å². The van der Waals surface area contributed by atoms with Crippen LogP contribution in [0.5, 0.6) is 17.2 Å². The number of carbonyl (C=O) groups excluding carboxylic acids is 2. The zero-order valence-corrected chi connectivity index (χ0v) is 26.2. The third-order valence-corrected chi connectivity index (χ3v) is 12.4. The summed E-state index contributed by atoms with van der Waals surface area (Å²) in [5, 5.41) is 22.1. The minimum absolute atomic E-state index is 0.138. The van der Waals surface area contributed by atoms with Gasteiger partial charge in [0.05, 0.1) is 39.1 Å². The lowest BCUT2D eigenvalue weighted by Gasteiger charge is -2.62. The van der Waals surface area contributed by atoms with Gasteiger partial charge in [-0.15, -0.1) is 0 Å². The van der Waals surface area contributed by atoms with Gasteiger partial charge in [-0.25, -0.2) is 4.79 Å². The van der Waals surface area contributed by atoms with Crippen LogP contribution in [0, 0.1) is 46.3 Å². The molecule has 0 spiro atoms. The molecule has 0 radical (unpaired) electrons. The lowest BCUT2D eigenvalue weighted by molar-refractivity contribution is -0.175. The Morgan fingerprint density at radius 1 is 0.929 bits per heavy atom. The quantitative estimate of drug-likeness (QED) is 0.290. The first-order valence-corrected chi connectivity index (χ1v) is 15.9. The van der Waals surface area contributed by atoms with Crippen LogP contribution in [0.2, 0.25) is 0 Å². The molecule has 0 heterocycles. The summed E-state index contributed by atoms with van der Waals surface area (Å²) in [7, 11) is 4.40. The molecule has 42 heavy (non-hydrogen) atoms. The molecule has 4 aliphatic rings. The first kappa shape index (κ1) is 31.1. The molecule has 0 amide bonds. The Morgan fingerprint density at radius 3 is 2.26 bits per heavy atom. The summed E-state index contributed by atoms with van der Waals surface area (Å²) in [6, 6.07) is 2.94. The molecule has 4 fully saturated rings. The van der Waals surface area contributed by atoms with Gasteiger partial charge >= 0.3 is 11.9 Å². The minimum atomic E-state index is -0.757. The van der Waals surface area contributed by atoms with E-state index in [1.165, 1.54) is 46.3 Å². The van der Waals surface area contributed by atoms with Gasteiger partial charge in [0, 0.05) is 6.42 Å². The lowest BCUT2D eigenvalue weighted by Crippen LogP contribution is -2.58. The maximum absolute atomic E-state index is 12.8. The van der Waals surface area contributed by atoms with E-state index < -0.39 is 11.9 Å². The number of methoxy groups -OCH3 is 3. The molecule has 2 N–H and O–H groups in total. The first-order valence-electron chi connectivity index (χ1n) is 15.9. The molecule has 5 rings (SSSR count). The molecule has 4 saturated carbocycles. The van der Waals surface area contributed by atoms with Crippen LogP contribution in [-0.2, 0) is 9.53 Å². The molecule has 10 atom stereocenters. The highest BCUT2D eigenvalue weighted by molar-refractivity contribution is 5.97. The predicted octanol–water partition coefficient (Wildman–Crippen LogP) is 5.80. The van der Waals surface area contributed by atoms with Crippen molar-refractivity contribution in [3.05, 3.63) is 17.7 Å². The van der Waals surface area contributed by atoms with Gasteiger partial charge in [-0.2, -0.15) is 0 Å². The second-order valence-corrected chi connectivity index (χ2v) is 14.1. The first-order chi connectivity index (χ1) is 20.0. The smallest absolute Gasteiger partial charge is 0.346 e. The summed E-state index contributed by atoms with van der Waals surface area (Å²) >= 11 is 0. The van der Waals surface area contributed by atoms with Gasteiger partial charge < -0.3 is 29.2 Å². The summed E-state index contributed by atoms with van der Waals surface area (Å²) in [4.78, 5) is 25.6. The molecule has 1 aromatic rings. The van der Waals surface area contributed by atoms with Crippen molar-refractivity contribution in [1.82, 2.24) is 0 Å². The molecule has 1 aromatic carbocycles. The second kappa shape index (κ2) is 12.0.